The molecule has 0 radical (unpaired) electrons. The minimum Gasteiger partial charge on any atom is -0.395 e. The zero-order valence-corrected chi connectivity index (χ0v) is 14.5. The van der Waals surface area contributed by atoms with E-state index >= 15 is 0 Å². The van der Waals surface area contributed by atoms with Gasteiger partial charge in [-0.05, 0) is 43.9 Å². The Kier molecular flexibility index (Phi) is 4.81. The molecule has 136 valence electrons. The Labute approximate surface area is 151 Å². The molecule has 7 heteroatoms. The Bertz CT molecular complexity index is 887. The van der Waals surface area contributed by atoms with E-state index in [-0.39, 0.29) is 12.7 Å². The Morgan fingerprint density at radius 2 is 1.96 bits per heavy atom. The van der Waals surface area contributed by atoms with Crippen molar-refractivity contribution in [1.29, 1.82) is 0 Å². The van der Waals surface area contributed by atoms with Crippen LogP contribution in [0, 0.1) is 0 Å². The van der Waals surface area contributed by atoms with Gasteiger partial charge in [0.25, 0.3) is 0 Å². The lowest BCUT2D eigenvalue weighted by molar-refractivity contribution is 0.126. The second-order valence-corrected chi connectivity index (χ2v) is 6.75. The number of pyridine rings is 1. The third-order valence-corrected chi connectivity index (χ3v) is 4.94. The monoisotopic (exact) mass is 353 g/mol. The molecular formula is C19H23N5O2. The highest BCUT2D eigenvalue weighted by Gasteiger charge is 2.20. The van der Waals surface area contributed by atoms with Gasteiger partial charge < -0.3 is 20.1 Å². The molecule has 0 aromatic carbocycles. The second kappa shape index (κ2) is 7.39. The molecule has 1 saturated carbocycles. The van der Waals surface area contributed by atoms with Crippen LogP contribution >= 0.6 is 0 Å². The van der Waals surface area contributed by atoms with Crippen molar-refractivity contribution in [3.8, 4) is 11.3 Å². The van der Waals surface area contributed by atoms with Crippen LogP contribution in [0.15, 0.2) is 36.8 Å². The van der Waals surface area contributed by atoms with Crippen LogP contribution in [0.25, 0.3) is 22.3 Å². The molecule has 0 unspecified atom stereocenters. The van der Waals surface area contributed by atoms with Crippen molar-refractivity contribution in [1.82, 2.24) is 19.5 Å². The van der Waals surface area contributed by atoms with E-state index in [4.69, 9.17) is 4.98 Å². The summed E-state index contributed by atoms with van der Waals surface area (Å²) in [5.74, 6) is 0.607. The number of anilines is 1. The molecule has 7 nitrogen and oxygen atoms in total. The van der Waals surface area contributed by atoms with Crippen LogP contribution in [0.3, 0.4) is 0 Å². The zero-order chi connectivity index (χ0) is 17.9. The third kappa shape index (κ3) is 3.40. The third-order valence-electron chi connectivity index (χ3n) is 4.94. The minimum atomic E-state index is -0.176. The molecule has 0 amide bonds. The molecule has 3 heterocycles. The van der Waals surface area contributed by atoms with Crippen LogP contribution in [-0.4, -0.2) is 48.5 Å². The van der Waals surface area contributed by atoms with Crippen molar-refractivity contribution in [2.24, 2.45) is 0 Å². The molecule has 0 saturated heterocycles. The molecule has 0 spiro atoms. The molecule has 0 atom stereocenters. The lowest BCUT2D eigenvalue weighted by Crippen LogP contribution is -2.28. The molecule has 1 fully saturated rings. The van der Waals surface area contributed by atoms with Gasteiger partial charge in [0.15, 0.2) is 0 Å². The van der Waals surface area contributed by atoms with Gasteiger partial charge in [-0.15, -0.1) is 0 Å². The van der Waals surface area contributed by atoms with Gasteiger partial charge in [0.1, 0.15) is 5.65 Å². The highest BCUT2D eigenvalue weighted by Crippen LogP contribution is 2.29. The summed E-state index contributed by atoms with van der Waals surface area (Å²) in [7, 11) is 0. The van der Waals surface area contributed by atoms with Crippen LogP contribution in [0.4, 0.5) is 5.95 Å². The summed E-state index contributed by atoms with van der Waals surface area (Å²) in [5, 5.41) is 23.4. The van der Waals surface area contributed by atoms with E-state index < -0.39 is 0 Å². The number of nitrogens with zero attached hydrogens (tertiary/aromatic N) is 4. The fourth-order valence-corrected chi connectivity index (χ4v) is 3.59. The lowest BCUT2D eigenvalue weighted by Gasteiger charge is -2.26. The minimum absolute atomic E-state index is 0.0594. The zero-order valence-electron chi connectivity index (χ0n) is 14.5. The predicted molar refractivity (Wildman–Crippen MR) is 99.7 cm³/mol. The van der Waals surface area contributed by atoms with Gasteiger partial charge in [0.05, 0.1) is 18.4 Å². The number of hydrogen-bond donors (Lipinski definition) is 3. The van der Waals surface area contributed by atoms with Crippen molar-refractivity contribution in [3.63, 3.8) is 0 Å². The number of aliphatic hydroxyl groups is 2. The summed E-state index contributed by atoms with van der Waals surface area (Å²) in [5.41, 5.74) is 2.64. The second-order valence-electron chi connectivity index (χ2n) is 6.75. The quantitative estimate of drug-likeness (QED) is 0.651. The number of hydrogen-bond acceptors (Lipinski definition) is 6. The number of aliphatic hydroxyl groups excluding tert-OH is 2. The summed E-state index contributed by atoms with van der Waals surface area (Å²) < 4.78 is 1.95. The summed E-state index contributed by atoms with van der Waals surface area (Å²) in [6, 6.07) is 6.11. The van der Waals surface area contributed by atoms with E-state index in [2.05, 4.69) is 15.3 Å². The van der Waals surface area contributed by atoms with Gasteiger partial charge in [-0.3, -0.25) is 0 Å². The molecular weight excluding hydrogens is 330 g/mol. The average Bonchev–Trinajstić information content (AvgIpc) is 3.03. The SMILES string of the molecule is OCCn1cc(-c2ccnc(N[C@H]3CC[C@H](O)CC3)n2)c2cccnc21. The van der Waals surface area contributed by atoms with Gasteiger partial charge in [-0.25, -0.2) is 15.0 Å². The van der Waals surface area contributed by atoms with Gasteiger partial charge >= 0.3 is 0 Å². The molecule has 1 aliphatic carbocycles. The molecule has 4 rings (SSSR count). The summed E-state index contributed by atoms with van der Waals surface area (Å²) >= 11 is 0. The molecule has 3 aromatic heterocycles. The first-order valence-electron chi connectivity index (χ1n) is 9.07. The van der Waals surface area contributed by atoms with Crippen LogP contribution in [0.2, 0.25) is 0 Å². The van der Waals surface area contributed by atoms with Crippen LogP contribution in [-0.2, 0) is 6.54 Å². The Morgan fingerprint density at radius 3 is 2.77 bits per heavy atom. The first-order chi connectivity index (χ1) is 12.7. The van der Waals surface area contributed by atoms with Crippen LogP contribution in [0.1, 0.15) is 25.7 Å². The van der Waals surface area contributed by atoms with Crippen molar-refractivity contribution < 1.29 is 10.2 Å². The maximum Gasteiger partial charge on any atom is 0.223 e. The maximum absolute atomic E-state index is 9.65. The molecule has 0 aliphatic heterocycles. The maximum atomic E-state index is 9.65. The largest absolute Gasteiger partial charge is 0.395 e. The van der Waals surface area contributed by atoms with Crippen molar-refractivity contribution in [2.75, 3.05) is 11.9 Å². The van der Waals surface area contributed by atoms with E-state index in [1.54, 1.807) is 12.4 Å². The predicted octanol–water partition coefficient (Wildman–Crippen LogP) is 2.20. The smallest absolute Gasteiger partial charge is 0.223 e. The topological polar surface area (TPSA) is 96.1 Å². The van der Waals surface area contributed by atoms with E-state index in [9.17, 15) is 10.2 Å². The number of nitrogens with one attached hydrogen (secondary N) is 1. The summed E-state index contributed by atoms with van der Waals surface area (Å²) in [6.45, 7) is 0.554. The molecule has 3 aromatic rings. The number of rotatable bonds is 5. The average molecular weight is 353 g/mol. The van der Waals surface area contributed by atoms with E-state index in [0.717, 1.165) is 48.0 Å². The van der Waals surface area contributed by atoms with Crippen molar-refractivity contribution >= 4 is 17.0 Å². The Balaban J connectivity index is 1.63. The van der Waals surface area contributed by atoms with E-state index in [0.29, 0.717) is 18.5 Å². The standard InChI is InChI=1S/C19H23N5O2/c25-11-10-24-12-16(15-2-1-8-20-18(15)24)17-7-9-21-19(23-17)22-13-3-5-14(26)6-4-13/h1-2,7-9,12-14,25-26H,3-6,10-11H2,(H,21,22,23)/t13-,14-. The normalized spacial score (nSPS) is 20.4. The van der Waals surface area contributed by atoms with Gasteiger partial charge in [-0.2, -0.15) is 0 Å². The van der Waals surface area contributed by atoms with Crippen molar-refractivity contribution in [2.45, 2.75) is 44.4 Å². The molecule has 3 N–H and O–H groups in total. The Morgan fingerprint density at radius 1 is 1.12 bits per heavy atom. The van der Waals surface area contributed by atoms with Crippen LogP contribution in [0.5, 0.6) is 0 Å². The highest BCUT2D eigenvalue weighted by atomic mass is 16.3. The summed E-state index contributed by atoms with van der Waals surface area (Å²) in [4.78, 5) is 13.5. The Hall–Kier alpha value is -2.51. The first-order valence-corrected chi connectivity index (χ1v) is 9.07. The van der Waals surface area contributed by atoms with Gasteiger partial charge in [0.2, 0.25) is 5.95 Å². The highest BCUT2D eigenvalue weighted by molar-refractivity contribution is 5.93. The summed E-state index contributed by atoms with van der Waals surface area (Å²) in [6.07, 6.45) is 8.80. The first kappa shape index (κ1) is 16.9. The molecule has 1 aliphatic rings. The fraction of sp³-hybridized carbons (Fsp3) is 0.421. The lowest BCUT2D eigenvalue weighted by atomic mass is 9.93. The molecule has 26 heavy (non-hydrogen) atoms. The molecule has 0 bridgehead atoms. The number of aromatic nitrogens is 4. The van der Waals surface area contributed by atoms with E-state index in [1.807, 2.05) is 29.0 Å². The van der Waals surface area contributed by atoms with Crippen molar-refractivity contribution in [3.05, 3.63) is 36.8 Å². The van der Waals surface area contributed by atoms with E-state index in [1.165, 1.54) is 0 Å². The van der Waals surface area contributed by atoms with Gasteiger partial charge in [0, 0.05) is 42.1 Å². The number of fused-ring (bicyclic) bond motifs is 1. The fourth-order valence-electron chi connectivity index (χ4n) is 3.59. The van der Waals surface area contributed by atoms with Gasteiger partial charge in [-0.1, -0.05) is 0 Å². The van der Waals surface area contributed by atoms with Crippen LogP contribution < -0.4 is 5.32 Å².